The molecule has 0 saturated heterocycles. The third kappa shape index (κ3) is 3.29. The van der Waals surface area contributed by atoms with Gasteiger partial charge in [0.2, 0.25) is 0 Å². The van der Waals surface area contributed by atoms with E-state index in [2.05, 4.69) is 81.7 Å². The molecule has 0 aliphatic heterocycles. The average Bonchev–Trinajstić information content (AvgIpc) is 3.11. The number of hydrogen-bond donors (Lipinski definition) is 0. The van der Waals surface area contributed by atoms with Crippen molar-refractivity contribution in [3.63, 3.8) is 0 Å². The zero-order valence-electron chi connectivity index (χ0n) is 18.3. The summed E-state index contributed by atoms with van der Waals surface area (Å²) < 4.78 is 2.33. The monoisotopic (exact) mass is 393 g/mol. The number of aromatic nitrogens is 2. The second kappa shape index (κ2) is 7.80. The fourth-order valence-corrected chi connectivity index (χ4v) is 4.19. The van der Waals surface area contributed by atoms with Gasteiger partial charge in [-0.05, 0) is 65.8 Å². The summed E-state index contributed by atoms with van der Waals surface area (Å²) in [5, 5.41) is 9.29. The van der Waals surface area contributed by atoms with Gasteiger partial charge in [0.25, 0.3) is 0 Å². The highest BCUT2D eigenvalue weighted by atomic mass is 15.1. The van der Waals surface area contributed by atoms with Gasteiger partial charge in [0.15, 0.2) is 0 Å². The third-order valence-electron chi connectivity index (χ3n) is 5.72. The van der Waals surface area contributed by atoms with Crippen LogP contribution in [0, 0.1) is 18.3 Å². The molecule has 0 amide bonds. The number of benzene rings is 3. The number of aryl methyl sites for hydroxylation is 1. The minimum atomic E-state index is 0.384. The molecule has 150 valence electrons. The van der Waals surface area contributed by atoms with E-state index in [4.69, 9.17) is 4.98 Å². The Balaban J connectivity index is 2.14. The maximum Gasteiger partial charge on any atom is 0.146 e. The van der Waals surface area contributed by atoms with E-state index < -0.39 is 0 Å². The van der Waals surface area contributed by atoms with Gasteiger partial charge < -0.3 is 0 Å². The number of rotatable bonds is 4. The molecule has 1 aromatic heterocycles. The molecule has 4 rings (SSSR count). The molecule has 0 saturated carbocycles. The van der Waals surface area contributed by atoms with Crippen LogP contribution in [0.5, 0.6) is 0 Å². The summed E-state index contributed by atoms with van der Waals surface area (Å²) in [5.41, 5.74) is 8.72. The number of hydrogen-bond acceptors (Lipinski definition) is 2. The summed E-state index contributed by atoms with van der Waals surface area (Å²) in [6.07, 6.45) is 0. The predicted octanol–water partition coefficient (Wildman–Crippen LogP) is 7.12. The van der Waals surface area contributed by atoms with Gasteiger partial charge in [-0.15, -0.1) is 0 Å². The Morgan fingerprint density at radius 2 is 1.53 bits per heavy atom. The topological polar surface area (TPSA) is 41.6 Å². The second-order valence-electron chi connectivity index (χ2n) is 8.50. The first kappa shape index (κ1) is 19.9. The van der Waals surface area contributed by atoms with E-state index in [9.17, 15) is 5.26 Å². The zero-order chi connectivity index (χ0) is 21.4. The van der Waals surface area contributed by atoms with Gasteiger partial charge in [-0.1, -0.05) is 58.0 Å². The summed E-state index contributed by atoms with van der Waals surface area (Å²) in [6, 6.07) is 23.0. The molecule has 0 radical (unpaired) electrons. The first-order chi connectivity index (χ1) is 14.4. The summed E-state index contributed by atoms with van der Waals surface area (Å²) >= 11 is 0. The van der Waals surface area contributed by atoms with Crippen LogP contribution in [0.15, 0.2) is 60.7 Å². The molecule has 0 spiro atoms. The highest BCUT2D eigenvalue weighted by molar-refractivity contribution is 5.85. The Hall–Kier alpha value is -3.38. The molecule has 3 heteroatoms. The zero-order valence-corrected chi connectivity index (χ0v) is 18.3. The molecule has 0 unspecified atom stereocenters. The smallest absolute Gasteiger partial charge is 0.146 e. The van der Waals surface area contributed by atoms with Crippen LogP contribution in [0.4, 0.5) is 0 Å². The van der Waals surface area contributed by atoms with Crippen LogP contribution in [0.1, 0.15) is 61.8 Å². The molecule has 0 aliphatic carbocycles. The molecule has 0 bridgehead atoms. The minimum absolute atomic E-state index is 0.384. The Morgan fingerprint density at radius 1 is 0.867 bits per heavy atom. The quantitative estimate of drug-likeness (QED) is 0.370. The van der Waals surface area contributed by atoms with E-state index >= 15 is 0 Å². The average molecular weight is 394 g/mol. The summed E-state index contributed by atoms with van der Waals surface area (Å²) in [5.74, 6) is 1.69. The van der Waals surface area contributed by atoms with Gasteiger partial charge in [-0.25, -0.2) is 4.98 Å². The van der Waals surface area contributed by atoms with Crippen LogP contribution < -0.4 is 0 Å². The molecule has 30 heavy (non-hydrogen) atoms. The normalized spacial score (nSPS) is 11.4. The lowest BCUT2D eigenvalue weighted by Gasteiger charge is -2.23. The molecule has 3 nitrogen and oxygen atoms in total. The van der Waals surface area contributed by atoms with Crippen molar-refractivity contribution in [2.24, 2.45) is 0 Å². The van der Waals surface area contributed by atoms with Crippen LogP contribution in [-0.4, -0.2) is 9.55 Å². The largest absolute Gasteiger partial charge is 0.292 e. The molecular formula is C27H27N3. The van der Waals surface area contributed by atoms with E-state index in [0.29, 0.717) is 17.4 Å². The number of nitriles is 1. The van der Waals surface area contributed by atoms with Gasteiger partial charge in [-0.2, -0.15) is 5.26 Å². The van der Waals surface area contributed by atoms with Gasteiger partial charge >= 0.3 is 0 Å². The standard InChI is InChI=1S/C27H27N3/c1-17(2)21-9-8-10-22(18(3)4)26(21)30-25-12-7-6-11-24(25)29-27(30)23-14-13-20(16-28)15-19(23)5/h6-15,17-18H,1-5H3. The molecule has 0 atom stereocenters. The van der Waals surface area contributed by atoms with Crippen molar-refractivity contribution in [3.8, 4) is 23.1 Å². The van der Waals surface area contributed by atoms with Gasteiger partial charge in [0.05, 0.1) is 28.4 Å². The summed E-state index contributed by atoms with van der Waals surface area (Å²) in [7, 11) is 0. The lowest BCUT2D eigenvalue weighted by molar-refractivity contribution is 0.811. The predicted molar refractivity (Wildman–Crippen MR) is 124 cm³/mol. The maximum atomic E-state index is 9.29. The van der Waals surface area contributed by atoms with Crippen molar-refractivity contribution in [2.45, 2.75) is 46.5 Å². The SMILES string of the molecule is Cc1cc(C#N)ccc1-c1nc2ccccc2n1-c1c(C(C)C)cccc1C(C)C. The lowest BCUT2D eigenvalue weighted by Crippen LogP contribution is -2.09. The van der Waals surface area contributed by atoms with E-state index in [1.54, 1.807) is 0 Å². The van der Waals surface area contributed by atoms with Crippen molar-refractivity contribution in [3.05, 3.63) is 82.9 Å². The first-order valence-corrected chi connectivity index (χ1v) is 10.5. The van der Waals surface area contributed by atoms with Crippen molar-refractivity contribution in [1.29, 1.82) is 5.26 Å². The van der Waals surface area contributed by atoms with Crippen molar-refractivity contribution < 1.29 is 0 Å². The Morgan fingerprint density at radius 3 is 2.13 bits per heavy atom. The molecule has 0 N–H and O–H groups in total. The van der Waals surface area contributed by atoms with Gasteiger partial charge in [-0.3, -0.25) is 4.57 Å². The van der Waals surface area contributed by atoms with Crippen molar-refractivity contribution >= 4 is 11.0 Å². The number of nitrogens with zero attached hydrogens (tertiary/aromatic N) is 3. The van der Waals surface area contributed by atoms with E-state index in [1.165, 1.54) is 16.8 Å². The van der Waals surface area contributed by atoms with Gasteiger partial charge in [0, 0.05) is 5.56 Å². The Labute approximate surface area is 178 Å². The van der Waals surface area contributed by atoms with Crippen molar-refractivity contribution in [1.82, 2.24) is 9.55 Å². The third-order valence-corrected chi connectivity index (χ3v) is 5.72. The minimum Gasteiger partial charge on any atom is -0.292 e. The molecular weight excluding hydrogens is 366 g/mol. The highest BCUT2D eigenvalue weighted by Gasteiger charge is 2.22. The summed E-state index contributed by atoms with van der Waals surface area (Å²) in [6.45, 7) is 11.0. The highest BCUT2D eigenvalue weighted by Crippen LogP contribution is 2.37. The molecule has 1 heterocycles. The van der Waals surface area contributed by atoms with E-state index in [-0.39, 0.29) is 0 Å². The molecule has 4 aromatic rings. The summed E-state index contributed by atoms with van der Waals surface area (Å²) in [4.78, 5) is 5.06. The van der Waals surface area contributed by atoms with Crippen LogP contribution in [0.3, 0.4) is 0 Å². The fraction of sp³-hybridized carbons (Fsp3) is 0.259. The van der Waals surface area contributed by atoms with E-state index in [1.807, 2.05) is 24.3 Å². The number of fused-ring (bicyclic) bond motifs is 1. The van der Waals surface area contributed by atoms with Gasteiger partial charge in [0.1, 0.15) is 5.82 Å². The second-order valence-corrected chi connectivity index (χ2v) is 8.50. The maximum absolute atomic E-state index is 9.29. The van der Waals surface area contributed by atoms with Crippen LogP contribution in [0.25, 0.3) is 28.1 Å². The Bertz CT molecular complexity index is 1240. The molecule has 3 aromatic carbocycles. The van der Waals surface area contributed by atoms with Crippen molar-refractivity contribution in [2.75, 3.05) is 0 Å². The van der Waals surface area contributed by atoms with Crippen LogP contribution in [-0.2, 0) is 0 Å². The molecule has 0 fully saturated rings. The lowest BCUT2D eigenvalue weighted by atomic mass is 9.92. The fourth-order valence-electron chi connectivity index (χ4n) is 4.19. The Kier molecular flexibility index (Phi) is 5.18. The van der Waals surface area contributed by atoms with E-state index in [0.717, 1.165) is 28.0 Å². The first-order valence-electron chi connectivity index (χ1n) is 10.5. The molecule has 0 aliphatic rings. The number of para-hydroxylation sites is 3. The van der Waals surface area contributed by atoms with Crippen LogP contribution >= 0.6 is 0 Å². The van der Waals surface area contributed by atoms with Crippen LogP contribution in [0.2, 0.25) is 0 Å². The number of imidazole rings is 1.